The van der Waals surface area contributed by atoms with Crippen molar-refractivity contribution in [2.75, 3.05) is 6.61 Å². The first-order valence-electron chi connectivity index (χ1n) is 9.34. The predicted octanol–water partition coefficient (Wildman–Crippen LogP) is 3.91. The van der Waals surface area contributed by atoms with Crippen LogP contribution < -0.4 is 5.32 Å². The van der Waals surface area contributed by atoms with Crippen LogP contribution in [0.15, 0.2) is 48.6 Å². The van der Waals surface area contributed by atoms with E-state index in [1.165, 1.54) is 0 Å². The number of hydrogen-bond acceptors (Lipinski definition) is 3. The van der Waals surface area contributed by atoms with Gasteiger partial charge in [0.1, 0.15) is 6.04 Å². The van der Waals surface area contributed by atoms with Crippen molar-refractivity contribution in [2.24, 2.45) is 0 Å². The maximum Gasteiger partial charge on any atom is 0.328 e. The number of carboxylic acid groups (broad SMARTS) is 1. The molecule has 3 N–H and O–H groups in total. The van der Waals surface area contributed by atoms with E-state index in [1.807, 2.05) is 0 Å². The van der Waals surface area contributed by atoms with Gasteiger partial charge in [0.25, 0.3) is 0 Å². The summed E-state index contributed by atoms with van der Waals surface area (Å²) in [5.41, 5.74) is 0. The van der Waals surface area contributed by atoms with Crippen molar-refractivity contribution in [2.45, 2.75) is 64.3 Å². The molecular weight excluding hydrogens is 330 g/mol. The van der Waals surface area contributed by atoms with E-state index in [9.17, 15) is 9.59 Å². The second-order valence-electron chi connectivity index (χ2n) is 5.89. The van der Waals surface area contributed by atoms with Gasteiger partial charge in [-0.05, 0) is 44.9 Å². The molecule has 0 saturated carbocycles. The van der Waals surface area contributed by atoms with E-state index >= 15 is 0 Å². The van der Waals surface area contributed by atoms with Crippen LogP contribution in [0.2, 0.25) is 0 Å². The minimum atomic E-state index is -1.22. The van der Waals surface area contributed by atoms with Crippen LogP contribution in [0, 0.1) is 0 Å². The van der Waals surface area contributed by atoms with Crippen molar-refractivity contribution in [3.05, 3.63) is 48.6 Å². The van der Waals surface area contributed by atoms with Crippen molar-refractivity contribution in [1.82, 2.24) is 5.32 Å². The Balaban J connectivity index is 3.61. The quantitative estimate of drug-likeness (QED) is 0.304. The number of nitrogens with one attached hydrogen (secondary N) is 1. The van der Waals surface area contributed by atoms with E-state index < -0.39 is 18.6 Å². The molecule has 0 aromatic rings. The summed E-state index contributed by atoms with van der Waals surface area (Å²) in [5.74, 6) is -1.56. The van der Waals surface area contributed by atoms with Gasteiger partial charge in [0.05, 0.1) is 6.61 Å². The van der Waals surface area contributed by atoms with Gasteiger partial charge in [0.15, 0.2) is 0 Å². The number of carbonyl (C=O) groups excluding carboxylic acids is 1. The van der Waals surface area contributed by atoms with Gasteiger partial charge in [-0.2, -0.15) is 0 Å². The molecule has 0 radical (unpaired) electrons. The van der Waals surface area contributed by atoms with E-state index in [4.69, 9.17) is 10.2 Å². The number of unbranched alkanes of at least 4 members (excludes halogenated alkanes) is 2. The highest BCUT2D eigenvalue weighted by molar-refractivity contribution is 5.83. The number of hydrogen-bond donors (Lipinski definition) is 3. The van der Waals surface area contributed by atoms with Crippen LogP contribution in [-0.2, 0) is 9.59 Å². The van der Waals surface area contributed by atoms with E-state index in [-0.39, 0.29) is 12.3 Å². The molecule has 0 aliphatic carbocycles. The van der Waals surface area contributed by atoms with Crippen LogP contribution >= 0.6 is 0 Å². The number of aliphatic hydroxyl groups is 1. The Labute approximate surface area is 157 Å². The van der Waals surface area contributed by atoms with Crippen LogP contribution in [0.4, 0.5) is 0 Å². The molecule has 26 heavy (non-hydrogen) atoms. The second kappa shape index (κ2) is 17.7. The highest BCUT2D eigenvalue weighted by Crippen LogP contribution is 2.02. The fraction of sp³-hybridized carbons (Fsp3) is 0.524. The molecule has 0 bridgehead atoms. The lowest BCUT2D eigenvalue weighted by molar-refractivity contribution is -0.142. The standard InChI is InChI=1S/C21H33NO4/c1-2-3-4-5-6-7-8-9-10-11-12-13-14-15-16-17-20(24)22-19(18-23)21(25)26/h3-4,6-7,9-10,12-13,19,23H,2,5,8,11,14-18H2,1H3,(H,22,24)(H,25,26)/b4-3-,7-6-,10-9-,13-12-/t19-/m0/s1. The van der Waals surface area contributed by atoms with Gasteiger partial charge in [-0.1, -0.05) is 55.5 Å². The van der Waals surface area contributed by atoms with Crippen molar-refractivity contribution in [1.29, 1.82) is 0 Å². The Kier molecular flexibility index (Phi) is 16.2. The fourth-order valence-corrected chi connectivity index (χ4v) is 2.10. The molecule has 5 nitrogen and oxygen atoms in total. The molecule has 0 aromatic heterocycles. The summed E-state index contributed by atoms with van der Waals surface area (Å²) >= 11 is 0. The average molecular weight is 363 g/mol. The van der Waals surface area contributed by atoms with Crippen LogP contribution in [0.1, 0.15) is 58.3 Å². The Hall–Kier alpha value is -2.14. The molecule has 146 valence electrons. The normalized spacial score (nSPS) is 13.3. The summed E-state index contributed by atoms with van der Waals surface area (Å²) in [6, 6.07) is -1.21. The molecule has 0 spiro atoms. The summed E-state index contributed by atoms with van der Waals surface area (Å²) in [6.45, 7) is 1.53. The zero-order valence-electron chi connectivity index (χ0n) is 15.8. The lowest BCUT2D eigenvalue weighted by Crippen LogP contribution is -2.43. The minimum Gasteiger partial charge on any atom is -0.480 e. The monoisotopic (exact) mass is 363 g/mol. The summed E-state index contributed by atoms with van der Waals surface area (Å²) in [7, 11) is 0. The highest BCUT2D eigenvalue weighted by Gasteiger charge is 2.17. The maximum atomic E-state index is 11.5. The molecule has 0 rings (SSSR count). The SMILES string of the molecule is CC/C=C\C/C=C\C/C=C\C/C=C\CCCCC(=O)N[C@@H](CO)C(=O)O. The van der Waals surface area contributed by atoms with E-state index in [1.54, 1.807) is 0 Å². The van der Waals surface area contributed by atoms with Crippen LogP contribution in [-0.4, -0.2) is 34.7 Å². The van der Waals surface area contributed by atoms with E-state index in [0.29, 0.717) is 6.42 Å². The molecule has 0 aromatic carbocycles. The summed E-state index contributed by atoms with van der Waals surface area (Å²) in [5, 5.41) is 19.9. The minimum absolute atomic E-state index is 0.275. The first-order chi connectivity index (χ1) is 12.6. The molecule has 0 aliphatic rings. The zero-order chi connectivity index (χ0) is 19.5. The van der Waals surface area contributed by atoms with Gasteiger partial charge in [-0.3, -0.25) is 4.79 Å². The van der Waals surface area contributed by atoms with Gasteiger partial charge in [-0.25, -0.2) is 4.79 Å². The molecule has 1 atom stereocenters. The van der Waals surface area contributed by atoms with Crippen LogP contribution in [0.25, 0.3) is 0 Å². The van der Waals surface area contributed by atoms with E-state index in [0.717, 1.165) is 38.5 Å². The molecule has 1 amide bonds. The van der Waals surface area contributed by atoms with Crippen molar-refractivity contribution >= 4 is 11.9 Å². The van der Waals surface area contributed by atoms with Crippen molar-refractivity contribution in [3.8, 4) is 0 Å². The fourth-order valence-electron chi connectivity index (χ4n) is 2.10. The molecule has 0 fully saturated rings. The average Bonchev–Trinajstić information content (AvgIpc) is 2.62. The third kappa shape index (κ3) is 15.4. The number of carbonyl (C=O) groups is 2. The lowest BCUT2D eigenvalue weighted by atomic mass is 10.1. The molecule has 0 saturated heterocycles. The zero-order valence-corrected chi connectivity index (χ0v) is 15.8. The Morgan fingerprint density at radius 2 is 1.42 bits per heavy atom. The van der Waals surface area contributed by atoms with Gasteiger partial charge in [-0.15, -0.1) is 0 Å². The highest BCUT2D eigenvalue weighted by atomic mass is 16.4. The van der Waals surface area contributed by atoms with Crippen molar-refractivity contribution in [3.63, 3.8) is 0 Å². The third-order valence-electron chi connectivity index (χ3n) is 3.56. The molecule has 0 heterocycles. The number of carboxylic acids is 1. The number of rotatable bonds is 15. The molecule has 0 unspecified atom stereocenters. The van der Waals surface area contributed by atoms with Gasteiger partial charge < -0.3 is 15.5 Å². The van der Waals surface area contributed by atoms with Crippen LogP contribution in [0.3, 0.4) is 0 Å². The van der Waals surface area contributed by atoms with Crippen molar-refractivity contribution < 1.29 is 19.8 Å². The van der Waals surface area contributed by atoms with Crippen LogP contribution in [0.5, 0.6) is 0 Å². The summed E-state index contributed by atoms with van der Waals surface area (Å²) in [4.78, 5) is 22.2. The lowest BCUT2D eigenvalue weighted by Gasteiger charge is -2.11. The topological polar surface area (TPSA) is 86.6 Å². The summed E-state index contributed by atoms with van der Waals surface area (Å²) < 4.78 is 0. The first-order valence-corrected chi connectivity index (χ1v) is 9.34. The number of aliphatic hydroxyl groups excluding tert-OH is 1. The van der Waals surface area contributed by atoms with Gasteiger partial charge in [0.2, 0.25) is 5.91 Å². The van der Waals surface area contributed by atoms with Gasteiger partial charge >= 0.3 is 5.97 Å². The largest absolute Gasteiger partial charge is 0.480 e. The van der Waals surface area contributed by atoms with Gasteiger partial charge in [0, 0.05) is 6.42 Å². The maximum absolute atomic E-state index is 11.5. The number of amides is 1. The number of aliphatic carboxylic acids is 1. The Morgan fingerprint density at radius 1 is 0.885 bits per heavy atom. The third-order valence-corrected chi connectivity index (χ3v) is 3.56. The Bertz CT molecular complexity index is 492. The Morgan fingerprint density at radius 3 is 1.92 bits per heavy atom. The second-order valence-corrected chi connectivity index (χ2v) is 5.89. The molecule has 5 heteroatoms. The predicted molar refractivity (Wildman–Crippen MR) is 106 cm³/mol. The molecular formula is C21H33NO4. The smallest absolute Gasteiger partial charge is 0.328 e. The number of allylic oxidation sites excluding steroid dienone is 8. The first kappa shape index (κ1) is 23.9. The summed E-state index contributed by atoms with van der Waals surface area (Å²) in [6.07, 6.45) is 23.8. The molecule has 0 aliphatic heterocycles. The van der Waals surface area contributed by atoms with E-state index in [2.05, 4.69) is 60.8 Å².